The first-order valence-corrected chi connectivity index (χ1v) is 25.2. The maximum Gasteiger partial charge on any atom is 0.197 e. The largest absolute Gasteiger partial charge is 0.508 e. The summed E-state index contributed by atoms with van der Waals surface area (Å²) in [6.45, 7) is 22.7. The van der Waals surface area contributed by atoms with Crippen LogP contribution in [0.2, 0.25) is 0 Å². The molecule has 1 heterocycles. The molecule has 0 atom stereocenters. The second kappa shape index (κ2) is 25.7. The van der Waals surface area contributed by atoms with Gasteiger partial charge in [0.05, 0.1) is 5.56 Å². The summed E-state index contributed by atoms with van der Waals surface area (Å²) in [7, 11) is 0. The van der Waals surface area contributed by atoms with E-state index in [0.717, 1.165) is 63.5 Å². The molecule has 3 aliphatic carbocycles. The Morgan fingerprint density at radius 2 is 1.05 bits per heavy atom. The topological polar surface area (TPSA) is 179 Å². The number of phenols is 4. The Bertz CT molecular complexity index is 3270. The molecule has 0 amide bonds. The lowest BCUT2D eigenvalue weighted by molar-refractivity contribution is -0.117. The van der Waals surface area contributed by atoms with Gasteiger partial charge in [0.1, 0.15) is 39.7 Å². The van der Waals surface area contributed by atoms with Crippen molar-refractivity contribution in [2.75, 3.05) is 0 Å². The van der Waals surface area contributed by atoms with E-state index in [9.17, 15) is 44.4 Å². The van der Waals surface area contributed by atoms with E-state index < -0.39 is 5.43 Å². The van der Waals surface area contributed by atoms with Gasteiger partial charge in [-0.25, -0.2) is 0 Å². The lowest BCUT2D eigenvalue weighted by Gasteiger charge is -2.32. The Morgan fingerprint density at radius 1 is 0.566 bits per heavy atom. The molecular weight excluding hydrogens is 953 g/mol. The highest BCUT2D eigenvalue weighted by Crippen LogP contribution is 2.41. The maximum atomic E-state index is 12.2. The van der Waals surface area contributed by atoms with Crippen LogP contribution >= 0.6 is 0 Å². The molecule has 3 aromatic carbocycles. The molecule has 0 saturated carbocycles. The number of benzene rings is 3. The zero-order valence-corrected chi connectivity index (χ0v) is 45.5. The predicted molar refractivity (Wildman–Crippen MR) is 306 cm³/mol. The second-order valence-corrected chi connectivity index (χ2v) is 20.7. The number of aromatic hydroxyl groups is 4. The van der Waals surface area contributed by atoms with Crippen molar-refractivity contribution in [1.29, 1.82) is 0 Å². The summed E-state index contributed by atoms with van der Waals surface area (Å²) < 4.78 is 5.53. The van der Waals surface area contributed by atoms with Crippen molar-refractivity contribution in [3.8, 4) is 34.3 Å². The summed E-state index contributed by atoms with van der Waals surface area (Å²) in [5, 5.41) is 37.8. The summed E-state index contributed by atoms with van der Waals surface area (Å²) in [5.41, 5.74) is 9.92. The maximum absolute atomic E-state index is 12.2. The molecule has 4 N–H and O–H groups in total. The highest BCUT2D eigenvalue weighted by molar-refractivity contribution is 6.25. The number of Topliss-reactive ketones (excluding diaryl/α,β-unsaturated/α-hetero) is 3. The molecule has 3 aliphatic rings. The van der Waals surface area contributed by atoms with E-state index in [1.54, 1.807) is 31.2 Å². The number of hydrogen-bond donors (Lipinski definition) is 4. The van der Waals surface area contributed by atoms with Crippen LogP contribution in [0.25, 0.3) is 22.3 Å². The molecule has 1 aromatic heterocycles. The van der Waals surface area contributed by atoms with Crippen molar-refractivity contribution in [3.63, 3.8) is 0 Å². The van der Waals surface area contributed by atoms with Crippen LogP contribution in [-0.4, -0.2) is 43.6 Å². The van der Waals surface area contributed by atoms with Gasteiger partial charge < -0.3 is 24.8 Å². The minimum Gasteiger partial charge on any atom is -0.508 e. The monoisotopic (exact) mass is 1020 g/mol. The molecule has 0 radical (unpaired) electrons. The predicted octanol–water partition coefficient (Wildman–Crippen LogP) is 15.3. The van der Waals surface area contributed by atoms with Gasteiger partial charge in [-0.1, -0.05) is 147 Å². The van der Waals surface area contributed by atoms with E-state index in [0.29, 0.717) is 24.0 Å². The van der Waals surface area contributed by atoms with Gasteiger partial charge in [0.15, 0.2) is 28.6 Å². The van der Waals surface area contributed by atoms with Gasteiger partial charge in [-0.15, -0.1) is 0 Å². The number of ketones is 4. The van der Waals surface area contributed by atoms with E-state index >= 15 is 0 Å². The average Bonchev–Trinajstić information content (AvgIpc) is 3.35. The molecule has 0 unspecified atom stereocenters. The number of allylic oxidation sites excluding steroid dienone is 24. The fourth-order valence-electron chi connectivity index (χ4n) is 8.84. The van der Waals surface area contributed by atoms with Gasteiger partial charge in [-0.2, -0.15) is 0 Å². The van der Waals surface area contributed by atoms with Crippen molar-refractivity contribution in [1.82, 2.24) is 0 Å². The third kappa shape index (κ3) is 15.6. The average molecular weight is 1020 g/mol. The van der Waals surface area contributed by atoms with Crippen LogP contribution < -0.4 is 5.43 Å². The number of carbonyl (C=O) groups is 4. The van der Waals surface area contributed by atoms with Gasteiger partial charge in [0, 0.05) is 47.7 Å². The molecule has 394 valence electrons. The molecule has 0 spiro atoms. The first-order valence-electron chi connectivity index (χ1n) is 25.2. The number of fused-ring (bicyclic) bond motifs is 2. The zero-order valence-electron chi connectivity index (χ0n) is 45.5. The fraction of sp³-hybridized carbons (Fsp3) is 0.258. The van der Waals surface area contributed by atoms with Crippen LogP contribution in [0.3, 0.4) is 0 Å². The van der Waals surface area contributed by atoms with E-state index in [1.807, 2.05) is 13.8 Å². The molecule has 0 fully saturated rings. The number of rotatable bonds is 11. The van der Waals surface area contributed by atoms with E-state index in [2.05, 4.69) is 140 Å². The molecule has 7 rings (SSSR count). The molecule has 10 nitrogen and oxygen atoms in total. The third-order valence-corrected chi connectivity index (χ3v) is 13.5. The summed E-state index contributed by atoms with van der Waals surface area (Å²) in [5.74, 6) is -0.234. The molecular formula is C66H70O10. The highest BCUT2D eigenvalue weighted by Gasteiger charge is 2.32. The molecule has 0 bridgehead atoms. The Labute approximate surface area is 446 Å². The Morgan fingerprint density at radius 3 is 1.57 bits per heavy atom. The van der Waals surface area contributed by atoms with Crippen molar-refractivity contribution in [3.05, 3.63) is 223 Å². The quantitative estimate of drug-likeness (QED) is 0.106. The lowest BCUT2D eigenvalue weighted by atomic mass is 9.72. The normalized spacial score (nSPS) is 17.5. The summed E-state index contributed by atoms with van der Waals surface area (Å²) >= 11 is 0. The number of hydrogen-bond acceptors (Lipinski definition) is 10. The van der Waals surface area contributed by atoms with E-state index in [-0.39, 0.29) is 84.8 Å². The number of phenolic OH excluding ortho intramolecular Hbond substituents is 4. The first kappa shape index (κ1) is 58.5. The van der Waals surface area contributed by atoms with Gasteiger partial charge in [-0.3, -0.25) is 24.0 Å². The molecule has 76 heavy (non-hydrogen) atoms. The minimum atomic E-state index is -0.410. The lowest BCUT2D eigenvalue weighted by Crippen LogP contribution is -2.24. The van der Waals surface area contributed by atoms with Crippen molar-refractivity contribution in [2.24, 2.45) is 10.8 Å². The minimum absolute atomic E-state index is 0.0188. The third-order valence-electron chi connectivity index (χ3n) is 13.5. The van der Waals surface area contributed by atoms with Crippen LogP contribution in [-0.2, 0) is 9.59 Å². The summed E-state index contributed by atoms with van der Waals surface area (Å²) in [6.07, 6.45) is 33.6. The smallest absolute Gasteiger partial charge is 0.197 e. The van der Waals surface area contributed by atoms with Crippen LogP contribution in [0.4, 0.5) is 0 Å². The highest BCUT2D eigenvalue weighted by atomic mass is 16.3. The standard InChI is InChI=1S/C40H52O2.C15H10O5.C11H8O3/c1-29(17-13-19-31(3)21-23-35-33(5)37(41)25-27-39(35,7)8)15-11-12-16-30(2)18-14-20-32(4)22-24-36-34(6)38(42)26-28-40(36,9)10;16-9-3-1-8(2-4-9)13-7-12(19)15-11(18)5-10(17)6-14(15)20-13;1-6-5-9(13)10-7(11(6)14)3-2-4-8(10)12/h11-24H,25-28H2,1-10H3;1-7,16-18H;2-5,12H,1H3/b12-11+,17-13+,18-14+,23-21+,24-22+,29-15+,30-16+,31-19+,32-20+;;. The first-order chi connectivity index (χ1) is 35.8. The van der Waals surface area contributed by atoms with Crippen molar-refractivity contribution < 1.29 is 44.0 Å². The SMILES string of the molecule is CC1=C(/C=C/C(C)=C/C=C/C(C)=C/C=C/C=C(C)/C=C/C=C(C)/C=C/C2=C(C)C(=O)CCC2(C)C)C(C)(C)CCC1=O.CC1=CC(=O)c2c(O)cccc2C1=O.O=c1cc(-c2ccc(O)cc2)oc2cc(O)cc(O)c12. The van der Waals surface area contributed by atoms with Crippen LogP contribution in [0, 0.1) is 10.8 Å². The molecule has 10 heteroatoms. The molecule has 0 saturated heterocycles. The Balaban J connectivity index is 0.000000253. The fourth-order valence-corrected chi connectivity index (χ4v) is 8.84. The van der Waals surface area contributed by atoms with Crippen molar-refractivity contribution >= 4 is 34.1 Å². The van der Waals surface area contributed by atoms with Gasteiger partial charge >= 0.3 is 0 Å². The van der Waals surface area contributed by atoms with Crippen LogP contribution in [0.5, 0.6) is 23.0 Å². The van der Waals surface area contributed by atoms with Gasteiger partial charge in [-0.05, 0) is 131 Å². The second-order valence-electron chi connectivity index (χ2n) is 20.7. The summed E-state index contributed by atoms with van der Waals surface area (Å²) in [6, 6.07) is 14.2. The van der Waals surface area contributed by atoms with Crippen LogP contribution in [0.15, 0.2) is 211 Å². The molecule has 0 aliphatic heterocycles. The molecule has 4 aromatic rings. The summed E-state index contributed by atoms with van der Waals surface area (Å²) in [4.78, 5) is 59.4. The van der Waals surface area contributed by atoms with Crippen molar-refractivity contribution in [2.45, 2.75) is 102 Å². The Hall–Kier alpha value is -8.37. The zero-order chi connectivity index (χ0) is 56.1. The van der Waals surface area contributed by atoms with Gasteiger partial charge in [0.2, 0.25) is 0 Å². The van der Waals surface area contributed by atoms with Crippen LogP contribution in [0.1, 0.15) is 123 Å². The van der Waals surface area contributed by atoms with E-state index in [4.69, 9.17) is 4.42 Å². The number of carbonyl (C=O) groups excluding carboxylic acids is 4. The van der Waals surface area contributed by atoms with E-state index in [1.165, 1.54) is 36.4 Å². The van der Waals surface area contributed by atoms with Gasteiger partial charge in [0.25, 0.3) is 0 Å². The Kier molecular flexibility index (Phi) is 19.8.